The third kappa shape index (κ3) is 4.88. The molecule has 1 rings (SSSR count). The first-order valence-corrected chi connectivity index (χ1v) is 7.43. The molecule has 1 aromatic rings. The predicted octanol–water partition coefficient (Wildman–Crippen LogP) is 3.07. The Hall–Kier alpha value is -1.00. The lowest BCUT2D eigenvalue weighted by molar-refractivity contribution is -0.146. The molecule has 106 valence electrons. The molecule has 0 radical (unpaired) electrons. The summed E-state index contributed by atoms with van der Waals surface area (Å²) in [5, 5.41) is 0. The molecule has 1 aromatic carbocycles. The number of esters is 1. The maximum atomic E-state index is 11.4. The molecule has 0 heterocycles. The Morgan fingerprint density at radius 1 is 1.42 bits per heavy atom. The van der Waals surface area contributed by atoms with Gasteiger partial charge in [0.15, 0.2) is 0 Å². The van der Waals surface area contributed by atoms with E-state index in [1.165, 1.54) is 23.1 Å². The van der Waals surface area contributed by atoms with Gasteiger partial charge in [-0.1, -0.05) is 17.7 Å². The molecule has 2 N–H and O–H groups in total. The molecule has 1 atom stereocenters. The lowest BCUT2D eigenvalue weighted by Gasteiger charge is -2.21. The van der Waals surface area contributed by atoms with E-state index in [2.05, 4.69) is 32.0 Å². The van der Waals surface area contributed by atoms with Gasteiger partial charge in [-0.3, -0.25) is 4.79 Å². The van der Waals surface area contributed by atoms with Crippen LogP contribution in [-0.2, 0) is 9.53 Å². The first-order chi connectivity index (χ1) is 8.86. The molecule has 0 amide bonds. The summed E-state index contributed by atoms with van der Waals surface area (Å²) in [5.74, 6) is 0.609. The molecule has 1 unspecified atom stereocenters. The SMILES string of the molecule is COC(=O)C(C)(N)CCCSc1cc(C)ccc1C. The van der Waals surface area contributed by atoms with Crippen molar-refractivity contribution >= 4 is 17.7 Å². The summed E-state index contributed by atoms with van der Waals surface area (Å²) in [6.45, 7) is 5.93. The number of carbonyl (C=O) groups is 1. The van der Waals surface area contributed by atoms with Crippen molar-refractivity contribution in [2.75, 3.05) is 12.9 Å². The van der Waals surface area contributed by atoms with Gasteiger partial charge >= 0.3 is 5.97 Å². The van der Waals surface area contributed by atoms with Gasteiger partial charge < -0.3 is 10.5 Å². The van der Waals surface area contributed by atoms with E-state index in [4.69, 9.17) is 10.5 Å². The van der Waals surface area contributed by atoms with Crippen LogP contribution in [0.4, 0.5) is 0 Å². The van der Waals surface area contributed by atoms with E-state index in [1.54, 1.807) is 6.92 Å². The summed E-state index contributed by atoms with van der Waals surface area (Å²) in [6.07, 6.45) is 1.53. The van der Waals surface area contributed by atoms with E-state index in [0.717, 1.165) is 12.2 Å². The summed E-state index contributed by atoms with van der Waals surface area (Å²) in [4.78, 5) is 12.7. The van der Waals surface area contributed by atoms with Crippen molar-refractivity contribution in [1.29, 1.82) is 0 Å². The molecule has 0 spiro atoms. The van der Waals surface area contributed by atoms with E-state index < -0.39 is 5.54 Å². The highest BCUT2D eigenvalue weighted by molar-refractivity contribution is 7.99. The third-order valence-corrected chi connectivity index (χ3v) is 4.34. The molecule has 0 aromatic heterocycles. The molecule has 0 aliphatic heterocycles. The van der Waals surface area contributed by atoms with Crippen LogP contribution in [-0.4, -0.2) is 24.4 Å². The zero-order chi connectivity index (χ0) is 14.5. The Morgan fingerprint density at radius 3 is 2.74 bits per heavy atom. The lowest BCUT2D eigenvalue weighted by Crippen LogP contribution is -2.45. The quantitative estimate of drug-likeness (QED) is 0.494. The molecule has 0 bridgehead atoms. The summed E-state index contributed by atoms with van der Waals surface area (Å²) >= 11 is 1.81. The van der Waals surface area contributed by atoms with Crippen molar-refractivity contribution in [3.8, 4) is 0 Å². The van der Waals surface area contributed by atoms with Crippen molar-refractivity contribution in [3.05, 3.63) is 29.3 Å². The second-order valence-electron chi connectivity index (χ2n) is 5.13. The second kappa shape index (κ2) is 6.96. The second-order valence-corrected chi connectivity index (χ2v) is 6.27. The zero-order valence-corrected chi connectivity index (χ0v) is 13.0. The lowest BCUT2D eigenvalue weighted by atomic mass is 9.98. The normalized spacial score (nSPS) is 13.9. The Labute approximate surface area is 119 Å². The average Bonchev–Trinajstić information content (AvgIpc) is 2.37. The van der Waals surface area contributed by atoms with E-state index in [0.29, 0.717) is 6.42 Å². The number of thioether (sulfide) groups is 1. The smallest absolute Gasteiger partial charge is 0.325 e. The van der Waals surface area contributed by atoms with Crippen LogP contribution in [0.25, 0.3) is 0 Å². The number of carbonyl (C=O) groups excluding carboxylic acids is 1. The molecule has 3 nitrogen and oxygen atoms in total. The van der Waals surface area contributed by atoms with Gasteiger partial charge in [0, 0.05) is 4.90 Å². The van der Waals surface area contributed by atoms with Crippen LogP contribution in [0.5, 0.6) is 0 Å². The number of benzene rings is 1. The van der Waals surface area contributed by atoms with Crippen molar-refractivity contribution < 1.29 is 9.53 Å². The summed E-state index contributed by atoms with van der Waals surface area (Å²) < 4.78 is 4.69. The molecule has 0 aliphatic carbocycles. The van der Waals surface area contributed by atoms with Gasteiger partial charge in [-0.2, -0.15) is 0 Å². The van der Waals surface area contributed by atoms with E-state index in [-0.39, 0.29) is 5.97 Å². The highest BCUT2D eigenvalue weighted by Gasteiger charge is 2.28. The van der Waals surface area contributed by atoms with Crippen LogP contribution in [0, 0.1) is 13.8 Å². The van der Waals surface area contributed by atoms with Gasteiger partial charge in [0.1, 0.15) is 5.54 Å². The molecule has 4 heteroatoms. The van der Waals surface area contributed by atoms with Crippen molar-refractivity contribution in [2.45, 2.75) is 44.0 Å². The first-order valence-electron chi connectivity index (χ1n) is 6.44. The van der Waals surface area contributed by atoms with E-state index in [9.17, 15) is 4.79 Å². The van der Waals surface area contributed by atoms with Crippen LogP contribution in [0.2, 0.25) is 0 Å². The number of hydrogen-bond donors (Lipinski definition) is 1. The summed E-state index contributed by atoms with van der Waals surface area (Å²) in [7, 11) is 1.37. The monoisotopic (exact) mass is 281 g/mol. The number of aryl methyl sites for hydroxylation is 2. The van der Waals surface area contributed by atoms with Crippen LogP contribution in [0.1, 0.15) is 30.9 Å². The summed E-state index contributed by atoms with van der Waals surface area (Å²) in [6, 6.07) is 6.45. The Bertz CT molecular complexity index is 444. The van der Waals surface area contributed by atoms with E-state index >= 15 is 0 Å². The Kier molecular flexibility index (Phi) is 5.88. The van der Waals surface area contributed by atoms with Gasteiger partial charge in [0.05, 0.1) is 7.11 Å². The number of nitrogens with two attached hydrogens (primary N) is 1. The minimum absolute atomic E-state index is 0.343. The maximum Gasteiger partial charge on any atom is 0.325 e. The molecular formula is C15H23NO2S. The Morgan fingerprint density at radius 2 is 2.11 bits per heavy atom. The zero-order valence-electron chi connectivity index (χ0n) is 12.2. The molecule has 0 saturated heterocycles. The maximum absolute atomic E-state index is 11.4. The fourth-order valence-corrected chi connectivity index (χ4v) is 2.89. The largest absolute Gasteiger partial charge is 0.468 e. The summed E-state index contributed by atoms with van der Waals surface area (Å²) in [5.41, 5.74) is 7.60. The first kappa shape index (κ1) is 16.1. The molecule has 0 fully saturated rings. The Balaban J connectivity index is 2.43. The van der Waals surface area contributed by atoms with Crippen LogP contribution >= 0.6 is 11.8 Å². The number of methoxy groups -OCH3 is 1. The van der Waals surface area contributed by atoms with Gasteiger partial charge in [0.2, 0.25) is 0 Å². The molecular weight excluding hydrogens is 258 g/mol. The molecule has 19 heavy (non-hydrogen) atoms. The fourth-order valence-electron chi connectivity index (χ4n) is 1.82. The molecule has 0 saturated carbocycles. The van der Waals surface area contributed by atoms with Gasteiger partial charge in [0.25, 0.3) is 0 Å². The number of hydrogen-bond acceptors (Lipinski definition) is 4. The number of ether oxygens (including phenoxy) is 1. The van der Waals surface area contributed by atoms with Crippen molar-refractivity contribution in [3.63, 3.8) is 0 Å². The average molecular weight is 281 g/mol. The predicted molar refractivity (Wildman–Crippen MR) is 80.5 cm³/mol. The standard InChI is InChI=1S/C15H23NO2S/c1-11-6-7-12(2)13(10-11)19-9-5-8-15(3,16)14(17)18-4/h6-7,10H,5,8-9,16H2,1-4H3. The van der Waals surface area contributed by atoms with Crippen molar-refractivity contribution in [1.82, 2.24) is 0 Å². The van der Waals surface area contributed by atoms with Gasteiger partial charge in [-0.15, -0.1) is 11.8 Å². The topological polar surface area (TPSA) is 52.3 Å². The van der Waals surface area contributed by atoms with Crippen molar-refractivity contribution in [2.24, 2.45) is 5.73 Å². The van der Waals surface area contributed by atoms with Crippen LogP contribution in [0.3, 0.4) is 0 Å². The third-order valence-electron chi connectivity index (χ3n) is 3.09. The van der Waals surface area contributed by atoms with Gasteiger partial charge in [-0.05, 0) is 51.0 Å². The minimum atomic E-state index is -0.878. The van der Waals surface area contributed by atoms with Gasteiger partial charge in [-0.25, -0.2) is 0 Å². The van der Waals surface area contributed by atoms with E-state index in [1.807, 2.05) is 11.8 Å². The fraction of sp³-hybridized carbons (Fsp3) is 0.533. The number of rotatable bonds is 6. The minimum Gasteiger partial charge on any atom is -0.468 e. The van der Waals surface area contributed by atoms with Crippen LogP contribution < -0.4 is 5.73 Å². The highest BCUT2D eigenvalue weighted by Crippen LogP contribution is 2.25. The van der Waals surface area contributed by atoms with Crippen LogP contribution in [0.15, 0.2) is 23.1 Å². The highest BCUT2D eigenvalue weighted by atomic mass is 32.2. The molecule has 0 aliphatic rings.